The highest BCUT2D eigenvalue weighted by Gasteiger charge is 2.13. The average molecular weight is 369 g/mol. The van der Waals surface area contributed by atoms with E-state index in [-0.39, 0.29) is 10.8 Å². The third kappa shape index (κ3) is 5.79. The molecule has 0 saturated heterocycles. The summed E-state index contributed by atoms with van der Waals surface area (Å²) in [7, 11) is -3.53. The number of halogens is 1. The molecular weight excluding hydrogens is 348 g/mol. The Morgan fingerprint density at radius 2 is 1.71 bits per heavy atom. The Bertz CT molecular complexity index is 721. The molecule has 1 unspecified atom stereocenters. The quantitative estimate of drug-likeness (QED) is 0.593. The van der Waals surface area contributed by atoms with E-state index in [0.29, 0.717) is 19.5 Å². The summed E-state index contributed by atoms with van der Waals surface area (Å²) in [5, 5.41) is 12.4. The van der Waals surface area contributed by atoms with Gasteiger partial charge in [-0.3, -0.25) is 0 Å². The molecular formula is C17H21ClN2O3S. The van der Waals surface area contributed by atoms with Gasteiger partial charge in [-0.1, -0.05) is 30.3 Å². The van der Waals surface area contributed by atoms with Crippen molar-refractivity contribution in [2.75, 3.05) is 24.3 Å². The molecule has 0 aliphatic heterocycles. The van der Waals surface area contributed by atoms with E-state index >= 15 is 0 Å². The molecule has 7 heteroatoms. The van der Waals surface area contributed by atoms with Gasteiger partial charge in [-0.25, -0.2) is 13.1 Å². The predicted octanol–water partition coefficient (Wildman–Crippen LogP) is 2.22. The first-order valence-electron chi connectivity index (χ1n) is 7.63. The second-order valence-corrected chi connectivity index (χ2v) is 7.42. The van der Waals surface area contributed by atoms with E-state index in [1.807, 2.05) is 30.3 Å². The Kier molecular flexibility index (Phi) is 7.05. The number of aliphatic hydroxyl groups excluding tert-OH is 1. The van der Waals surface area contributed by atoms with Crippen LogP contribution in [0.4, 0.5) is 5.69 Å². The summed E-state index contributed by atoms with van der Waals surface area (Å²) >= 11 is 5.52. The molecule has 0 saturated carbocycles. The zero-order chi connectivity index (χ0) is 17.4. The first-order valence-corrected chi connectivity index (χ1v) is 9.64. The number of nitrogens with one attached hydrogen (secondary N) is 2. The number of anilines is 1. The van der Waals surface area contributed by atoms with Crippen molar-refractivity contribution in [2.24, 2.45) is 0 Å². The van der Waals surface area contributed by atoms with Gasteiger partial charge >= 0.3 is 0 Å². The fourth-order valence-corrected chi connectivity index (χ4v) is 3.24. The molecule has 0 aliphatic carbocycles. The largest absolute Gasteiger partial charge is 0.390 e. The van der Waals surface area contributed by atoms with Gasteiger partial charge in [0, 0.05) is 18.8 Å². The van der Waals surface area contributed by atoms with Gasteiger partial charge in [0.15, 0.2) is 0 Å². The third-order valence-corrected chi connectivity index (χ3v) is 5.27. The SMILES string of the molecule is O=S(=O)(NCCc1ccccc1)c1ccc(NCC(O)CCl)cc1. The van der Waals surface area contributed by atoms with Crippen molar-refractivity contribution in [1.82, 2.24) is 4.72 Å². The lowest BCUT2D eigenvalue weighted by Gasteiger charge is -2.11. The highest BCUT2D eigenvalue weighted by molar-refractivity contribution is 7.89. The number of alkyl halides is 1. The number of aliphatic hydroxyl groups is 1. The molecule has 2 rings (SSSR count). The topological polar surface area (TPSA) is 78.4 Å². The number of hydrogen-bond acceptors (Lipinski definition) is 4. The zero-order valence-corrected chi connectivity index (χ0v) is 14.7. The lowest BCUT2D eigenvalue weighted by molar-refractivity contribution is 0.211. The molecule has 0 bridgehead atoms. The molecule has 24 heavy (non-hydrogen) atoms. The van der Waals surface area contributed by atoms with E-state index in [0.717, 1.165) is 11.3 Å². The summed E-state index contributed by atoms with van der Waals surface area (Å²) in [5.41, 5.74) is 1.81. The van der Waals surface area contributed by atoms with Gasteiger partial charge in [-0.15, -0.1) is 11.6 Å². The van der Waals surface area contributed by atoms with Crippen LogP contribution in [0.3, 0.4) is 0 Å². The minimum absolute atomic E-state index is 0.144. The summed E-state index contributed by atoms with van der Waals surface area (Å²) in [6, 6.07) is 16.1. The molecule has 0 aromatic heterocycles. The van der Waals surface area contributed by atoms with Gasteiger partial charge < -0.3 is 10.4 Å². The smallest absolute Gasteiger partial charge is 0.240 e. The second kappa shape index (κ2) is 9.03. The van der Waals surface area contributed by atoms with Crippen LogP contribution in [0, 0.1) is 0 Å². The van der Waals surface area contributed by atoms with Crippen LogP contribution in [0.2, 0.25) is 0 Å². The highest BCUT2D eigenvalue weighted by atomic mass is 35.5. The maximum atomic E-state index is 12.3. The van der Waals surface area contributed by atoms with Crippen molar-refractivity contribution >= 4 is 27.3 Å². The molecule has 0 amide bonds. The first kappa shape index (κ1) is 18.7. The van der Waals surface area contributed by atoms with Gasteiger partial charge in [0.2, 0.25) is 10.0 Å². The van der Waals surface area contributed by atoms with Crippen molar-refractivity contribution in [3.63, 3.8) is 0 Å². The number of sulfonamides is 1. The highest BCUT2D eigenvalue weighted by Crippen LogP contribution is 2.14. The van der Waals surface area contributed by atoms with Crippen molar-refractivity contribution in [1.29, 1.82) is 0 Å². The summed E-state index contributed by atoms with van der Waals surface area (Å²) in [6.45, 7) is 0.652. The maximum Gasteiger partial charge on any atom is 0.240 e. The lowest BCUT2D eigenvalue weighted by atomic mass is 10.2. The molecule has 1 atom stereocenters. The van der Waals surface area contributed by atoms with E-state index in [2.05, 4.69) is 10.0 Å². The minimum Gasteiger partial charge on any atom is -0.390 e. The third-order valence-electron chi connectivity index (χ3n) is 3.43. The molecule has 3 N–H and O–H groups in total. The van der Waals surface area contributed by atoms with E-state index < -0.39 is 16.1 Å². The summed E-state index contributed by atoms with van der Waals surface area (Å²) < 4.78 is 27.1. The first-order chi connectivity index (χ1) is 11.5. The molecule has 0 fully saturated rings. The second-order valence-electron chi connectivity index (χ2n) is 5.35. The van der Waals surface area contributed by atoms with Crippen LogP contribution in [0.15, 0.2) is 59.5 Å². The Morgan fingerprint density at radius 3 is 2.33 bits per heavy atom. The Balaban J connectivity index is 1.89. The molecule has 0 heterocycles. The van der Waals surface area contributed by atoms with E-state index in [4.69, 9.17) is 11.6 Å². The van der Waals surface area contributed by atoms with Gasteiger partial charge in [-0.05, 0) is 36.2 Å². The molecule has 0 spiro atoms. The molecule has 5 nitrogen and oxygen atoms in total. The van der Waals surface area contributed by atoms with E-state index in [9.17, 15) is 13.5 Å². The average Bonchev–Trinajstić information content (AvgIpc) is 2.60. The number of rotatable bonds is 9. The fraction of sp³-hybridized carbons (Fsp3) is 0.294. The Morgan fingerprint density at radius 1 is 1.04 bits per heavy atom. The van der Waals surface area contributed by atoms with Crippen LogP contribution < -0.4 is 10.0 Å². The van der Waals surface area contributed by atoms with Crippen LogP contribution in [-0.2, 0) is 16.4 Å². The van der Waals surface area contributed by atoms with Gasteiger partial charge in [0.1, 0.15) is 0 Å². The molecule has 0 radical (unpaired) electrons. The monoisotopic (exact) mass is 368 g/mol. The van der Waals surface area contributed by atoms with Crippen molar-refractivity contribution in [3.05, 3.63) is 60.2 Å². The standard InChI is InChI=1S/C17H21ClN2O3S/c18-12-16(21)13-19-15-6-8-17(9-7-15)24(22,23)20-11-10-14-4-2-1-3-5-14/h1-9,16,19-21H,10-13H2. The van der Waals surface area contributed by atoms with Gasteiger partial charge in [0.05, 0.1) is 16.9 Å². The molecule has 130 valence electrons. The van der Waals surface area contributed by atoms with Crippen molar-refractivity contribution in [3.8, 4) is 0 Å². The van der Waals surface area contributed by atoms with Gasteiger partial charge in [-0.2, -0.15) is 0 Å². The lowest BCUT2D eigenvalue weighted by Crippen LogP contribution is -2.26. The van der Waals surface area contributed by atoms with Crippen LogP contribution >= 0.6 is 11.6 Å². The van der Waals surface area contributed by atoms with Crippen LogP contribution in [-0.4, -0.2) is 38.6 Å². The maximum absolute atomic E-state index is 12.3. The summed E-state index contributed by atoms with van der Waals surface area (Å²) in [4.78, 5) is 0.207. The Labute approximate surface area is 147 Å². The number of hydrogen-bond donors (Lipinski definition) is 3. The Hall–Kier alpha value is -1.60. The predicted molar refractivity (Wildman–Crippen MR) is 97.0 cm³/mol. The van der Waals surface area contributed by atoms with Gasteiger partial charge in [0.25, 0.3) is 0 Å². The van der Waals surface area contributed by atoms with Crippen molar-refractivity contribution < 1.29 is 13.5 Å². The number of benzene rings is 2. The van der Waals surface area contributed by atoms with E-state index in [1.165, 1.54) is 12.1 Å². The van der Waals surface area contributed by atoms with E-state index in [1.54, 1.807) is 12.1 Å². The fourth-order valence-electron chi connectivity index (χ4n) is 2.10. The normalized spacial score (nSPS) is 12.8. The summed E-state index contributed by atoms with van der Waals surface area (Å²) in [5.74, 6) is 0.144. The zero-order valence-electron chi connectivity index (χ0n) is 13.2. The minimum atomic E-state index is -3.53. The molecule has 0 aliphatic rings. The van der Waals surface area contributed by atoms with Crippen LogP contribution in [0.5, 0.6) is 0 Å². The summed E-state index contributed by atoms with van der Waals surface area (Å²) in [6.07, 6.45) is -0.00883. The van der Waals surface area contributed by atoms with Crippen LogP contribution in [0.25, 0.3) is 0 Å². The van der Waals surface area contributed by atoms with Crippen LogP contribution in [0.1, 0.15) is 5.56 Å². The molecule has 2 aromatic rings. The molecule has 2 aromatic carbocycles. The van der Waals surface area contributed by atoms with Crippen molar-refractivity contribution in [2.45, 2.75) is 17.4 Å².